The standard InChI is InChI=1S/C7H11N3OS/c1-2-9-7(11)5-4-12-6(3-8)10-5/h4H,2-3,8H2,1H3,(H,9,11). The Kier molecular flexibility index (Phi) is 3.19. The summed E-state index contributed by atoms with van der Waals surface area (Å²) in [5.41, 5.74) is 5.81. The summed E-state index contributed by atoms with van der Waals surface area (Å²) in [6.07, 6.45) is 0. The highest BCUT2D eigenvalue weighted by molar-refractivity contribution is 7.09. The number of carbonyl (C=O) groups excluding carboxylic acids is 1. The molecule has 0 spiro atoms. The predicted octanol–water partition coefficient (Wildman–Crippen LogP) is 0.352. The molecule has 0 bridgehead atoms. The molecule has 66 valence electrons. The molecule has 5 heteroatoms. The molecular formula is C7H11N3OS. The molecule has 1 aromatic heterocycles. The van der Waals surface area contributed by atoms with Crippen molar-refractivity contribution in [2.24, 2.45) is 5.73 Å². The minimum atomic E-state index is -0.131. The fourth-order valence-electron chi connectivity index (χ4n) is 0.760. The Bertz CT molecular complexity index is 271. The minimum Gasteiger partial charge on any atom is -0.351 e. The first-order valence-electron chi connectivity index (χ1n) is 3.70. The van der Waals surface area contributed by atoms with Crippen molar-refractivity contribution in [3.8, 4) is 0 Å². The van der Waals surface area contributed by atoms with Crippen LogP contribution in [0.4, 0.5) is 0 Å². The van der Waals surface area contributed by atoms with Crippen LogP contribution < -0.4 is 11.1 Å². The summed E-state index contributed by atoms with van der Waals surface area (Å²) in [6, 6.07) is 0. The van der Waals surface area contributed by atoms with Gasteiger partial charge in [0, 0.05) is 18.5 Å². The molecule has 0 aromatic carbocycles. The number of amides is 1. The number of thiazole rings is 1. The summed E-state index contributed by atoms with van der Waals surface area (Å²) in [5, 5.41) is 5.17. The third-order valence-corrected chi connectivity index (χ3v) is 2.17. The Morgan fingerprint density at radius 2 is 2.58 bits per heavy atom. The van der Waals surface area contributed by atoms with Crippen molar-refractivity contribution < 1.29 is 4.79 Å². The van der Waals surface area contributed by atoms with Crippen LogP contribution in [0.5, 0.6) is 0 Å². The van der Waals surface area contributed by atoms with Gasteiger partial charge in [0.2, 0.25) is 0 Å². The summed E-state index contributed by atoms with van der Waals surface area (Å²) in [6.45, 7) is 2.88. The molecule has 0 radical (unpaired) electrons. The summed E-state index contributed by atoms with van der Waals surface area (Å²) in [4.78, 5) is 15.2. The molecule has 0 aliphatic rings. The zero-order chi connectivity index (χ0) is 8.97. The largest absolute Gasteiger partial charge is 0.351 e. The van der Waals surface area contributed by atoms with Crippen molar-refractivity contribution in [2.45, 2.75) is 13.5 Å². The summed E-state index contributed by atoms with van der Waals surface area (Å²) >= 11 is 1.41. The Morgan fingerprint density at radius 3 is 3.08 bits per heavy atom. The quantitative estimate of drug-likeness (QED) is 0.714. The van der Waals surface area contributed by atoms with E-state index in [1.54, 1.807) is 5.38 Å². The molecule has 3 N–H and O–H groups in total. The van der Waals surface area contributed by atoms with Crippen LogP contribution in [0, 0.1) is 0 Å². The monoisotopic (exact) mass is 185 g/mol. The maximum atomic E-state index is 11.2. The lowest BCUT2D eigenvalue weighted by Gasteiger charge is -1.95. The Balaban J connectivity index is 2.68. The first-order chi connectivity index (χ1) is 5.77. The summed E-state index contributed by atoms with van der Waals surface area (Å²) in [7, 11) is 0. The molecule has 0 aliphatic carbocycles. The van der Waals surface area contributed by atoms with E-state index in [4.69, 9.17) is 5.73 Å². The Morgan fingerprint density at radius 1 is 1.83 bits per heavy atom. The predicted molar refractivity (Wildman–Crippen MR) is 48.0 cm³/mol. The molecule has 0 aliphatic heterocycles. The molecular weight excluding hydrogens is 174 g/mol. The van der Waals surface area contributed by atoms with Crippen LogP contribution in [0.2, 0.25) is 0 Å². The number of aromatic nitrogens is 1. The van der Waals surface area contributed by atoms with Gasteiger partial charge < -0.3 is 11.1 Å². The van der Waals surface area contributed by atoms with Crippen LogP contribution >= 0.6 is 11.3 Å². The summed E-state index contributed by atoms with van der Waals surface area (Å²) in [5.74, 6) is -0.131. The smallest absolute Gasteiger partial charge is 0.270 e. The normalized spacial score (nSPS) is 9.83. The summed E-state index contributed by atoms with van der Waals surface area (Å²) < 4.78 is 0. The number of nitrogens with one attached hydrogen (secondary N) is 1. The third kappa shape index (κ3) is 2.02. The zero-order valence-corrected chi connectivity index (χ0v) is 7.65. The van der Waals surface area contributed by atoms with E-state index >= 15 is 0 Å². The molecule has 12 heavy (non-hydrogen) atoms. The van der Waals surface area contributed by atoms with Crippen molar-refractivity contribution >= 4 is 17.2 Å². The van der Waals surface area contributed by atoms with Gasteiger partial charge in [-0.3, -0.25) is 4.79 Å². The van der Waals surface area contributed by atoms with E-state index < -0.39 is 0 Å². The second-order valence-electron chi connectivity index (χ2n) is 2.19. The van der Waals surface area contributed by atoms with E-state index in [1.807, 2.05) is 6.92 Å². The first-order valence-corrected chi connectivity index (χ1v) is 4.58. The van der Waals surface area contributed by atoms with E-state index in [-0.39, 0.29) is 5.91 Å². The molecule has 1 aromatic rings. The van der Waals surface area contributed by atoms with E-state index in [2.05, 4.69) is 10.3 Å². The van der Waals surface area contributed by atoms with Gasteiger partial charge >= 0.3 is 0 Å². The maximum absolute atomic E-state index is 11.2. The van der Waals surface area contributed by atoms with Gasteiger partial charge in [0.15, 0.2) is 0 Å². The first kappa shape index (κ1) is 9.15. The van der Waals surface area contributed by atoms with Gasteiger partial charge in [-0.05, 0) is 6.92 Å². The third-order valence-electron chi connectivity index (χ3n) is 1.30. The van der Waals surface area contributed by atoms with Gasteiger partial charge in [0.1, 0.15) is 10.7 Å². The molecule has 1 rings (SSSR count). The van der Waals surface area contributed by atoms with Gasteiger partial charge in [-0.2, -0.15) is 0 Å². The van der Waals surface area contributed by atoms with E-state index in [9.17, 15) is 4.79 Å². The highest BCUT2D eigenvalue weighted by Gasteiger charge is 2.07. The molecule has 0 atom stereocenters. The molecule has 0 fully saturated rings. The van der Waals surface area contributed by atoms with Crippen molar-refractivity contribution in [1.29, 1.82) is 0 Å². The van der Waals surface area contributed by atoms with Crippen molar-refractivity contribution in [3.63, 3.8) is 0 Å². The molecule has 0 saturated carbocycles. The number of nitrogens with zero attached hydrogens (tertiary/aromatic N) is 1. The van der Waals surface area contributed by atoms with Crippen LogP contribution in [0.25, 0.3) is 0 Å². The molecule has 4 nitrogen and oxygen atoms in total. The Labute approximate surface area is 74.8 Å². The van der Waals surface area contributed by atoms with Gasteiger partial charge in [-0.15, -0.1) is 11.3 Å². The second-order valence-corrected chi connectivity index (χ2v) is 3.13. The SMILES string of the molecule is CCNC(=O)c1csc(CN)n1. The average molecular weight is 185 g/mol. The number of nitrogens with two attached hydrogens (primary N) is 1. The van der Waals surface area contributed by atoms with E-state index in [1.165, 1.54) is 11.3 Å². The van der Waals surface area contributed by atoms with Crippen molar-refractivity contribution in [3.05, 3.63) is 16.1 Å². The minimum absolute atomic E-state index is 0.131. The lowest BCUT2D eigenvalue weighted by molar-refractivity contribution is 0.0951. The van der Waals surface area contributed by atoms with Crippen LogP contribution in [0.3, 0.4) is 0 Å². The van der Waals surface area contributed by atoms with Crippen LogP contribution in [0.1, 0.15) is 22.4 Å². The fraction of sp³-hybridized carbons (Fsp3) is 0.429. The molecule has 1 heterocycles. The molecule has 0 unspecified atom stereocenters. The van der Waals surface area contributed by atoms with Crippen LogP contribution in [0.15, 0.2) is 5.38 Å². The van der Waals surface area contributed by atoms with Crippen LogP contribution in [-0.2, 0) is 6.54 Å². The second kappa shape index (κ2) is 4.18. The van der Waals surface area contributed by atoms with Gasteiger partial charge in [-0.25, -0.2) is 4.98 Å². The zero-order valence-electron chi connectivity index (χ0n) is 6.83. The fourth-order valence-corrected chi connectivity index (χ4v) is 1.41. The van der Waals surface area contributed by atoms with Crippen molar-refractivity contribution in [1.82, 2.24) is 10.3 Å². The van der Waals surface area contributed by atoms with Gasteiger partial charge in [0.05, 0.1) is 0 Å². The van der Waals surface area contributed by atoms with Gasteiger partial charge in [-0.1, -0.05) is 0 Å². The number of hydrogen-bond donors (Lipinski definition) is 2. The van der Waals surface area contributed by atoms with Crippen molar-refractivity contribution in [2.75, 3.05) is 6.54 Å². The van der Waals surface area contributed by atoms with Gasteiger partial charge in [0.25, 0.3) is 5.91 Å². The number of carbonyl (C=O) groups is 1. The molecule has 1 amide bonds. The Hall–Kier alpha value is -0.940. The average Bonchev–Trinajstić information content (AvgIpc) is 2.52. The van der Waals surface area contributed by atoms with Crippen LogP contribution in [-0.4, -0.2) is 17.4 Å². The highest BCUT2D eigenvalue weighted by atomic mass is 32.1. The maximum Gasteiger partial charge on any atom is 0.270 e. The van der Waals surface area contributed by atoms with E-state index in [0.717, 1.165) is 5.01 Å². The number of hydrogen-bond acceptors (Lipinski definition) is 4. The lowest BCUT2D eigenvalue weighted by Crippen LogP contribution is -2.22. The highest BCUT2D eigenvalue weighted by Crippen LogP contribution is 2.08. The van der Waals surface area contributed by atoms with E-state index in [0.29, 0.717) is 18.8 Å². The topological polar surface area (TPSA) is 68.0 Å². The number of rotatable bonds is 3. The molecule has 0 saturated heterocycles. The lowest BCUT2D eigenvalue weighted by atomic mass is 10.4.